The van der Waals surface area contributed by atoms with E-state index in [4.69, 9.17) is 5.73 Å². The van der Waals surface area contributed by atoms with Gasteiger partial charge in [-0.1, -0.05) is 44.2 Å². The summed E-state index contributed by atoms with van der Waals surface area (Å²) in [5.74, 6) is 0. The molecule has 0 fully saturated rings. The lowest BCUT2D eigenvalue weighted by molar-refractivity contribution is 0.314. The smallest absolute Gasteiger partial charge is 0.101 e. The van der Waals surface area contributed by atoms with Crippen molar-refractivity contribution in [2.24, 2.45) is 0 Å². The van der Waals surface area contributed by atoms with E-state index in [2.05, 4.69) is 30.1 Å². The predicted molar refractivity (Wildman–Crippen MR) is 92.4 cm³/mol. The van der Waals surface area contributed by atoms with Crippen LogP contribution in [-0.4, -0.2) is 18.5 Å². The Morgan fingerprint density at radius 2 is 1.82 bits per heavy atom. The number of nitrogen functional groups attached to an aromatic ring is 1. The average Bonchev–Trinajstić information content (AvgIpc) is 2.58. The molecule has 2 aromatic carbocycles. The fraction of sp³-hybridized carbons (Fsp3) is 0.316. The van der Waals surface area contributed by atoms with Crippen LogP contribution in [0.2, 0.25) is 0 Å². The Kier molecular flexibility index (Phi) is 5.19. The second kappa shape index (κ2) is 7.11. The summed E-state index contributed by atoms with van der Waals surface area (Å²) in [6, 6.07) is 14.4. The van der Waals surface area contributed by atoms with Gasteiger partial charge in [0.2, 0.25) is 0 Å². The highest BCUT2D eigenvalue weighted by Gasteiger charge is 2.21. The number of hydrogen-bond donors (Lipinski definition) is 1. The second-order valence-electron chi connectivity index (χ2n) is 5.31. The predicted octanol–water partition coefficient (Wildman–Crippen LogP) is 3.82. The first kappa shape index (κ1) is 16.1. The number of nitrogens with zero attached hydrogens (tertiary/aromatic N) is 2. The van der Waals surface area contributed by atoms with Crippen LogP contribution < -0.4 is 5.73 Å². The first-order valence-corrected chi connectivity index (χ1v) is 7.79. The number of hydrogen-bond acceptors (Lipinski definition) is 3. The van der Waals surface area contributed by atoms with Crippen molar-refractivity contribution in [2.45, 2.75) is 26.8 Å². The summed E-state index contributed by atoms with van der Waals surface area (Å²) in [7, 11) is 2.09. The molecule has 0 aromatic heterocycles. The highest BCUT2D eigenvalue weighted by Crippen LogP contribution is 2.35. The SMILES string of the molecule is CC.CN1CCc2c(-c3ccccc3)cc(C#N)c(N)c2C1. The lowest BCUT2D eigenvalue weighted by Crippen LogP contribution is -2.28. The monoisotopic (exact) mass is 293 g/mol. The van der Waals surface area contributed by atoms with Crippen LogP contribution in [0.15, 0.2) is 36.4 Å². The zero-order chi connectivity index (χ0) is 16.1. The van der Waals surface area contributed by atoms with Gasteiger partial charge in [0.1, 0.15) is 6.07 Å². The molecule has 3 nitrogen and oxygen atoms in total. The maximum absolute atomic E-state index is 9.31. The van der Waals surface area contributed by atoms with Gasteiger partial charge in [-0.2, -0.15) is 5.26 Å². The lowest BCUT2D eigenvalue weighted by atomic mass is 9.87. The zero-order valence-electron chi connectivity index (χ0n) is 13.6. The Morgan fingerprint density at radius 3 is 2.45 bits per heavy atom. The first-order valence-electron chi connectivity index (χ1n) is 7.79. The van der Waals surface area contributed by atoms with Crippen LogP contribution in [0.4, 0.5) is 5.69 Å². The van der Waals surface area contributed by atoms with Crippen LogP contribution in [0.5, 0.6) is 0 Å². The molecule has 0 atom stereocenters. The summed E-state index contributed by atoms with van der Waals surface area (Å²) in [4.78, 5) is 2.24. The van der Waals surface area contributed by atoms with E-state index in [1.165, 1.54) is 5.56 Å². The van der Waals surface area contributed by atoms with Gasteiger partial charge in [-0.05, 0) is 41.8 Å². The molecule has 3 rings (SSSR count). The van der Waals surface area contributed by atoms with Gasteiger partial charge >= 0.3 is 0 Å². The Labute approximate surface area is 133 Å². The van der Waals surface area contributed by atoms with Crippen LogP contribution >= 0.6 is 0 Å². The third-order valence-corrected chi connectivity index (χ3v) is 3.97. The molecular weight excluding hydrogens is 270 g/mol. The second-order valence-corrected chi connectivity index (χ2v) is 5.31. The molecule has 1 aliphatic rings. The summed E-state index contributed by atoms with van der Waals surface area (Å²) < 4.78 is 0. The van der Waals surface area contributed by atoms with Crippen molar-refractivity contribution in [3.05, 3.63) is 53.1 Å². The molecule has 0 radical (unpaired) electrons. The van der Waals surface area contributed by atoms with E-state index in [1.807, 2.05) is 38.1 Å². The molecule has 0 saturated heterocycles. The number of likely N-dealkylation sites (N-methyl/N-ethyl adjacent to an activating group) is 1. The number of nitriles is 1. The number of fused-ring (bicyclic) bond motifs is 1. The van der Waals surface area contributed by atoms with E-state index >= 15 is 0 Å². The van der Waals surface area contributed by atoms with Gasteiger partial charge in [-0.25, -0.2) is 0 Å². The van der Waals surface area contributed by atoms with E-state index in [9.17, 15) is 5.26 Å². The van der Waals surface area contributed by atoms with Crippen molar-refractivity contribution in [1.82, 2.24) is 4.90 Å². The topological polar surface area (TPSA) is 53.0 Å². The molecule has 0 bridgehead atoms. The minimum atomic E-state index is 0.581. The van der Waals surface area contributed by atoms with Crippen molar-refractivity contribution in [3.8, 4) is 17.2 Å². The highest BCUT2D eigenvalue weighted by molar-refractivity contribution is 5.77. The van der Waals surface area contributed by atoms with E-state index in [0.717, 1.165) is 36.2 Å². The normalized spacial score (nSPS) is 13.5. The third kappa shape index (κ3) is 2.98. The van der Waals surface area contributed by atoms with Crippen molar-refractivity contribution >= 4 is 5.69 Å². The Morgan fingerprint density at radius 1 is 1.14 bits per heavy atom. The molecule has 0 spiro atoms. The molecule has 1 heterocycles. The largest absolute Gasteiger partial charge is 0.397 e. The summed E-state index contributed by atoms with van der Waals surface area (Å²) in [5, 5.41) is 9.31. The van der Waals surface area contributed by atoms with Crippen LogP contribution in [0.25, 0.3) is 11.1 Å². The average molecular weight is 293 g/mol. The summed E-state index contributed by atoms with van der Waals surface area (Å²) in [5.41, 5.74) is 12.1. The maximum atomic E-state index is 9.31. The van der Waals surface area contributed by atoms with Gasteiger partial charge in [0, 0.05) is 13.1 Å². The van der Waals surface area contributed by atoms with Crippen molar-refractivity contribution in [1.29, 1.82) is 5.26 Å². The van der Waals surface area contributed by atoms with E-state index in [1.54, 1.807) is 0 Å². The minimum absolute atomic E-state index is 0.581. The molecule has 2 aromatic rings. The molecule has 22 heavy (non-hydrogen) atoms. The summed E-state index contributed by atoms with van der Waals surface area (Å²) >= 11 is 0. The van der Waals surface area contributed by atoms with Gasteiger partial charge in [0.25, 0.3) is 0 Å². The summed E-state index contributed by atoms with van der Waals surface area (Å²) in [6.45, 7) is 5.84. The standard InChI is InChI=1S/C17H17N3.C2H6/c1-20-8-7-14-15(12-5-3-2-4-6-12)9-13(10-18)17(19)16(14)11-20;1-2/h2-6,9H,7-8,11,19H2,1H3;1-2H3. The number of rotatable bonds is 1. The molecule has 114 valence electrons. The number of anilines is 1. The molecule has 1 aliphatic heterocycles. The first-order chi connectivity index (χ1) is 10.7. The van der Waals surface area contributed by atoms with Gasteiger partial charge in [0.05, 0.1) is 11.3 Å². The van der Waals surface area contributed by atoms with Gasteiger partial charge in [-0.3, -0.25) is 0 Å². The lowest BCUT2D eigenvalue weighted by Gasteiger charge is -2.28. The third-order valence-electron chi connectivity index (χ3n) is 3.97. The Hall–Kier alpha value is -2.31. The van der Waals surface area contributed by atoms with E-state index in [0.29, 0.717) is 11.3 Å². The van der Waals surface area contributed by atoms with E-state index < -0.39 is 0 Å². The van der Waals surface area contributed by atoms with Crippen molar-refractivity contribution in [2.75, 3.05) is 19.3 Å². The fourth-order valence-corrected chi connectivity index (χ4v) is 2.88. The quantitative estimate of drug-likeness (QED) is 0.813. The molecule has 0 amide bonds. The molecule has 2 N–H and O–H groups in total. The number of benzene rings is 2. The number of nitrogens with two attached hydrogens (primary N) is 1. The molecule has 3 heteroatoms. The molecule has 0 unspecified atom stereocenters. The van der Waals surface area contributed by atoms with Gasteiger partial charge in [0.15, 0.2) is 0 Å². The van der Waals surface area contributed by atoms with Gasteiger partial charge < -0.3 is 10.6 Å². The highest BCUT2D eigenvalue weighted by atomic mass is 15.1. The van der Waals surface area contributed by atoms with Crippen molar-refractivity contribution < 1.29 is 0 Å². The summed E-state index contributed by atoms with van der Waals surface area (Å²) in [6.07, 6.45) is 0.978. The van der Waals surface area contributed by atoms with Crippen LogP contribution in [-0.2, 0) is 13.0 Å². The van der Waals surface area contributed by atoms with E-state index in [-0.39, 0.29) is 0 Å². The minimum Gasteiger partial charge on any atom is -0.397 e. The van der Waals surface area contributed by atoms with Crippen LogP contribution in [0.1, 0.15) is 30.5 Å². The molecule has 0 saturated carbocycles. The van der Waals surface area contributed by atoms with Crippen LogP contribution in [0.3, 0.4) is 0 Å². The van der Waals surface area contributed by atoms with Gasteiger partial charge in [-0.15, -0.1) is 0 Å². The van der Waals surface area contributed by atoms with Crippen LogP contribution in [0, 0.1) is 11.3 Å². The fourth-order valence-electron chi connectivity index (χ4n) is 2.88. The molecular formula is C19H23N3. The molecule has 0 aliphatic carbocycles. The zero-order valence-corrected chi connectivity index (χ0v) is 13.6. The Balaban J connectivity index is 0.000000847. The van der Waals surface area contributed by atoms with Crippen molar-refractivity contribution in [3.63, 3.8) is 0 Å². The maximum Gasteiger partial charge on any atom is 0.101 e. The Bertz CT molecular complexity index is 684.